The van der Waals surface area contributed by atoms with E-state index in [9.17, 15) is 0 Å². The maximum Gasteiger partial charge on any atom is 1.00 e. The molecular weight excluding hydrogens is 183 g/mol. The molecule has 0 atom stereocenters. The average Bonchev–Trinajstić information content (AvgIpc) is 1.82. The van der Waals surface area contributed by atoms with Crippen LogP contribution in [0.1, 0.15) is 1.43 Å². The minimum absolute atomic E-state index is 0. The second-order valence-electron chi connectivity index (χ2n) is 3.53. The van der Waals surface area contributed by atoms with Gasteiger partial charge in [-0.05, 0) is 0 Å². The molecular formula is C6H15N4NaS. The standard InChI is InChI=1S/C6H12N4.Na.H2S.H/c1-7-2-9-4-8(1)5-10(3-7)6-9;;;/h1-6H2;;1H2;/q;+1;;-1. The van der Waals surface area contributed by atoms with E-state index in [-0.39, 0.29) is 44.5 Å². The summed E-state index contributed by atoms with van der Waals surface area (Å²) in [4.78, 5) is 9.88. The van der Waals surface area contributed by atoms with Gasteiger partial charge in [-0.1, -0.05) is 0 Å². The Bertz CT molecular complexity index is 116. The molecule has 0 N–H and O–H groups in total. The summed E-state index contributed by atoms with van der Waals surface area (Å²) in [6.45, 7) is 7.12. The first-order chi connectivity index (χ1) is 4.90. The van der Waals surface area contributed by atoms with Gasteiger partial charge in [-0.3, -0.25) is 19.6 Å². The summed E-state index contributed by atoms with van der Waals surface area (Å²) >= 11 is 0. The largest absolute Gasteiger partial charge is 1.00 e. The Morgan fingerprint density at radius 3 is 0.917 bits per heavy atom. The fourth-order valence-corrected chi connectivity index (χ4v) is 2.23. The third kappa shape index (κ3) is 1.83. The van der Waals surface area contributed by atoms with Gasteiger partial charge < -0.3 is 1.43 Å². The van der Waals surface area contributed by atoms with Crippen LogP contribution in [0.3, 0.4) is 0 Å². The quantitative estimate of drug-likeness (QED) is 0.370. The first-order valence-corrected chi connectivity index (χ1v) is 3.79. The van der Waals surface area contributed by atoms with Gasteiger partial charge in [-0.25, -0.2) is 0 Å². The van der Waals surface area contributed by atoms with Crippen molar-refractivity contribution in [3.05, 3.63) is 0 Å². The molecule has 0 aromatic carbocycles. The van der Waals surface area contributed by atoms with Gasteiger partial charge in [0.15, 0.2) is 0 Å². The summed E-state index contributed by atoms with van der Waals surface area (Å²) < 4.78 is 0. The molecule has 4 rings (SSSR count). The van der Waals surface area contributed by atoms with Crippen LogP contribution in [-0.2, 0) is 0 Å². The van der Waals surface area contributed by atoms with E-state index >= 15 is 0 Å². The topological polar surface area (TPSA) is 13.0 Å². The monoisotopic (exact) mass is 198 g/mol. The molecule has 0 unspecified atom stereocenters. The molecule has 66 valence electrons. The summed E-state index contributed by atoms with van der Waals surface area (Å²) in [5, 5.41) is 0. The fourth-order valence-electron chi connectivity index (χ4n) is 2.23. The van der Waals surface area contributed by atoms with Crippen molar-refractivity contribution in [2.45, 2.75) is 0 Å². The van der Waals surface area contributed by atoms with Crippen LogP contribution in [0.4, 0.5) is 0 Å². The van der Waals surface area contributed by atoms with E-state index in [1.54, 1.807) is 0 Å². The zero-order valence-corrected chi connectivity index (χ0v) is 10.5. The molecule has 4 fully saturated rings. The van der Waals surface area contributed by atoms with E-state index in [1.807, 2.05) is 0 Å². The molecule has 0 aromatic rings. The molecule has 4 aliphatic heterocycles. The Kier molecular flexibility index (Phi) is 3.89. The van der Waals surface area contributed by atoms with E-state index in [4.69, 9.17) is 0 Å². The molecule has 4 bridgehead atoms. The van der Waals surface area contributed by atoms with E-state index in [0.717, 1.165) is 0 Å². The van der Waals surface area contributed by atoms with Gasteiger partial charge in [0.25, 0.3) is 0 Å². The summed E-state index contributed by atoms with van der Waals surface area (Å²) in [7, 11) is 0. The molecule has 0 aliphatic carbocycles. The molecule has 0 amide bonds. The predicted octanol–water partition coefficient (Wildman–Crippen LogP) is -3.79. The normalized spacial score (nSPS) is 48.0. The fraction of sp³-hybridized carbons (Fsp3) is 1.00. The molecule has 6 heteroatoms. The number of hydrogen-bond acceptors (Lipinski definition) is 4. The van der Waals surface area contributed by atoms with Crippen molar-refractivity contribution in [2.75, 3.05) is 40.0 Å². The SMILES string of the molecule is C1N2CN3CN1CN(C2)C3.S.[H-].[Na+]. The van der Waals surface area contributed by atoms with Crippen LogP contribution >= 0.6 is 13.5 Å². The Hall–Kier alpha value is 1.19. The molecule has 4 aliphatic rings. The first kappa shape index (κ1) is 11.3. The van der Waals surface area contributed by atoms with E-state index in [0.29, 0.717) is 0 Å². The Morgan fingerprint density at radius 1 is 0.583 bits per heavy atom. The number of rotatable bonds is 0. The van der Waals surface area contributed by atoms with Crippen molar-refractivity contribution in [2.24, 2.45) is 0 Å². The van der Waals surface area contributed by atoms with Gasteiger partial charge in [-0.2, -0.15) is 13.5 Å². The Labute approximate surface area is 104 Å². The smallest absolute Gasteiger partial charge is 1.00 e. The Balaban J connectivity index is 0.000000480. The molecule has 0 saturated carbocycles. The van der Waals surface area contributed by atoms with Crippen LogP contribution in [0.5, 0.6) is 0 Å². The zero-order chi connectivity index (χ0) is 6.55. The van der Waals surface area contributed by atoms with Crippen LogP contribution in [-0.4, -0.2) is 59.6 Å². The second-order valence-corrected chi connectivity index (χ2v) is 3.53. The van der Waals surface area contributed by atoms with Crippen molar-refractivity contribution in [3.63, 3.8) is 0 Å². The van der Waals surface area contributed by atoms with Crippen molar-refractivity contribution < 1.29 is 31.0 Å². The van der Waals surface area contributed by atoms with Crippen molar-refractivity contribution in [3.8, 4) is 0 Å². The van der Waals surface area contributed by atoms with Crippen molar-refractivity contribution in [1.82, 2.24) is 19.6 Å². The van der Waals surface area contributed by atoms with Crippen LogP contribution in [0.15, 0.2) is 0 Å². The van der Waals surface area contributed by atoms with E-state index < -0.39 is 0 Å². The predicted molar refractivity (Wildman–Crippen MR) is 48.1 cm³/mol. The van der Waals surface area contributed by atoms with Gasteiger partial charge in [0.2, 0.25) is 0 Å². The molecule has 4 saturated heterocycles. The number of hydrogen-bond donors (Lipinski definition) is 0. The van der Waals surface area contributed by atoms with Crippen LogP contribution in [0.25, 0.3) is 0 Å². The van der Waals surface area contributed by atoms with Crippen molar-refractivity contribution in [1.29, 1.82) is 0 Å². The number of nitrogens with zero attached hydrogens (tertiary/aromatic N) is 4. The molecule has 0 radical (unpaired) electrons. The van der Waals surface area contributed by atoms with E-state index in [2.05, 4.69) is 19.6 Å². The minimum atomic E-state index is 0. The van der Waals surface area contributed by atoms with Gasteiger partial charge in [0, 0.05) is 0 Å². The van der Waals surface area contributed by atoms with Crippen molar-refractivity contribution >= 4 is 13.5 Å². The first-order valence-electron chi connectivity index (χ1n) is 3.79. The van der Waals surface area contributed by atoms with Gasteiger partial charge in [-0.15, -0.1) is 0 Å². The third-order valence-electron chi connectivity index (χ3n) is 2.40. The maximum absolute atomic E-state index is 2.47. The zero-order valence-electron chi connectivity index (χ0n) is 8.53. The molecule has 4 nitrogen and oxygen atoms in total. The van der Waals surface area contributed by atoms with Crippen LogP contribution < -0.4 is 29.6 Å². The average molecular weight is 198 g/mol. The molecule has 12 heavy (non-hydrogen) atoms. The second kappa shape index (κ2) is 4.14. The Morgan fingerprint density at radius 2 is 0.750 bits per heavy atom. The summed E-state index contributed by atoms with van der Waals surface area (Å²) in [6, 6.07) is 0. The van der Waals surface area contributed by atoms with E-state index in [1.165, 1.54) is 40.0 Å². The third-order valence-corrected chi connectivity index (χ3v) is 2.40. The maximum atomic E-state index is 2.47. The summed E-state index contributed by atoms with van der Waals surface area (Å²) in [5.41, 5.74) is 0. The van der Waals surface area contributed by atoms with Crippen LogP contribution in [0, 0.1) is 0 Å². The molecule has 0 aromatic heterocycles. The van der Waals surface area contributed by atoms with Crippen LogP contribution in [0.2, 0.25) is 0 Å². The van der Waals surface area contributed by atoms with Gasteiger partial charge in [0.05, 0.1) is 40.0 Å². The summed E-state index contributed by atoms with van der Waals surface area (Å²) in [6.07, 6.45) is 0. The minimum Gasteiger partial charge on any atom is -1.00 e. The van der Waals surface area contributed by atoms with Gasteiger partial charge in [0.1, 0.15) is 0 Å². The van der Waals surface area contributed by atoms with Gasteiger partial charge >= 0.3 is 29.6 Å². The molecule has 4 heterocycles. The summed E-state index contributed by atoms with van der Waals surface area (Å²) in [5.74, 6) is 0. The molecule has 0 spiro atoms.